The molecule has 0 unspecified atom stereocenters. The first-order valence-electron chi connectivity index (χ1n) is 8.47. The molecule has 26 heavy (non-hydrogen) atoms. The molecule has 0 aromatic heterocycles. The second-order valence-electron chi connectivity index (χ2n) is 6.38. The molecule has 1 saturated heterocycles. The van der Waals surface area contributed by atoms with Crippen molar-refractivity contribution in [1.29, 1.82) is 0 Å². The van der Waals surface area contributed by atoms with Crippen LogP contribution >= 0.6 is 0 Å². The van der Waals surface area contributed by atoms with Gasteiger partial charge in [-0.1, -0.05) is 36.4 Å². The van der Waals surface area contributed by atoms with E-state index in [0.29, 0.717) is 5.57 Å². The molecule has 1 fully saturated rings. The van der Waals surface area contributed by atoms with E-state index in [2.05, 4.69) is 0 Å². The van der Waals surface area contributed by atoms with Crippen molar-refractivity contribution >= 4 is 23.8 Å². The highest BCUT2D eigenvalue weighted by atomic mass is 16.5. The Morgan fingerprint density at radius 1 is 1.19 bits per heavy atom. The Labute approximate surface area is 151 Å². The Morgan fingerprint density at radius 2 is 1.88 bits per heavy atom. The van der Waals surface area contributed by atoms with E-state index in [9.17, 15) is 19.2 Å². The summed E-state index contributed by atoms with van der Waals surface area (Å²) in [6.45, 7) is 3.24. The highest BCUT2D eigenvalue weighted by Gasteiger charge is 2.60. The van der Waals surface area contributed by atoms with Crippen molar-refractivity contribution in [3.63, 3.8) is 0 Å². The minimum absolute atomic E-state index is 0.0126. The molecule has 136 valence electrons. The van der Waals surface area contributed by atoms with Crippen molar-refractivity contribution in [2.24, 2.45) is 0 Å². The lowest BCUT2D eigenvalue weighted by Gasteiger charge is -2.28. The number of benzene rings is 1. The van der Waals surface area contributed by atoms with Crippen LogP contribution in [0, 0.1) is 0 Å². The van der Waals surface area contributed by atoms with E-state index in [-0.39, 0.29) is 26.0 Å². The van der Waals surface area contributed by atoms with E-state index in [1.54, 1.807) is 25.1 Å². The van der Waals surface area contributed by atoms with Gasteiger partial charge in [0, 0.05) is 18.9 Å². The standard InChI is InChI=1S/C19H20N2O5/c1-3-26-16(23)15-9-10-19(11-15)17(24)20(18(25)21(19)13(2)22)12-14-7-5-4-6-8-14/h4-9H,3,10-12H2,1-2H3/t19-/m1/s1. The van der Waals surface area contributed by atoms with Crippen LogP contribution in [0.15, 0.2) is 42.0 Å². The summed E-state index contributed by atoms with van der Waals surface area (Å²) in [5.41, 5.74) is -0.257. The molecule has 0 radical (unpaired) electrons. The second-order valence-corrected chi connectivity index (χ2v) is 6.38. The third-order valence-electron chi connectivity index (χ3n) is 4.70. The fourth-order valence-corrected chi connectivity index (χ4v) is 3.54. The molecular weight excluding hydrogens is 336 g/mol. The average molecular weight is 356 g/mol. The van der Waals surface area contributed by atoms with Crippen LogP contribution < -0.4 is 0 Å². The molecular formula is C19H20N2O5. The molecule has 7 heteroatoms. The Balaban J connectivity index is 1.90. The molecule has 0 N–H and O–H groups in total. The van der Waals surface area contributed by atoms with E-state index in [1.165, 1.54) is 6.92 Å². The fourth-order valence-electron chi connectivity index (χ4n) is 3.54. The quantitative estimate of drug-likeness (QED) is 0.609. The van der Waals surface area contributed by atoms with Gasteiger partial charge in [0.25, 0.3) is 5.91 Å². The maximum atomic E-state index is 13.1. The number of rotatable bonds is 4. The predicted octanol–water partition coefficient (Wildman–Crippen LogP) is 2.02. The van der Waals surface area contributed by atoms with Gasteiger partial charge >= 0.3 is 12.0 Å². The average Bonchev–Trinajstić information content (AvgIpc) is 3.13. The number of imide groups is 2. The molecule has 1 heterocycles. The lowest BCUT2D eigenvalue weighted by atomic mass is 9.93. The summed E-state index contributed by atoms with van der Waals surface area (Å²) >= 11 is 0. The first-order chi connectivity index (χ1) is 12.4. The van der Waals surface area contributed by atoms with Gasteiger partial charge in [0.05, 0.1) is 13.2 Å². The highest BCUT2D eigenvalue weighted by molar-refractivity contribution is 6.15. The lowest BCUT2D eigenvalue weighted by molar-refractivity contribution is -0.141. The summed E-state index contributed by atoms with van der Waals surface area (Å²) in [6, 6.07) is 8.43. The van der Waals surface area contributed by atoms with Gasteiger partial charge < -0.3 is 4.74 Å². The predicted molar refractivity (Wildman–Crippen MR) is 91.6 cm³/mol. The number of hydrogen-bond acceptors (Lipinski definition) is 5. The van der Waals surface area contributed by atoms with E-state index in [0.717, 1.165) is 15.4 Å². The van der Waals surface area contributed by atoms with Crippen molar-refractivity contribution in [3.8, 4) is 0 Å². The summed E-state index contributed by atoms with van der Waals surface area (Å²) in [4.78, 5) is 52.1. The number of amides is 4. The lowest BCUT2D eigenvalue weighted by Crippen LogP contribution is -2.50. The van der Waals surface area contributed by atoms with E-state index >= 15 is 0 Å². The maximum Gasteiger partial charge on any atom is 0.334 e. The van der Waals surface area contributed by atoms with Crippen LogP contribution in [0.2, 0.25) is 0 Å². The maximum absolute atomic E-state index is 13.1. The summed E-state index contributed by atoms with van der Waals surface area (Å²) in [5.74, 6) is -1.50. The third kappa shape index (κ3) is 2.79. The number of nitrogens with zero attached hydrogens (tertiary/aromatic N) is 2. The molecule has 1 atom stereocenters. The molecule has 7 nitrogen and oxygen atoms in total. The van der Waals surface area contributed by atoms with E-state index < -0.39 is 29.4 Å². The van der Waals surface area contributed by atoms with Crippen LogP contribution in [-0.2, 0) is 25.7 Å². The Kier molecular flexibility index (Phi) is 4.63. The molecule has 1 aliphatic heterocycles. The first-order valence-corrected chi connectivity index (χ1v) is 8.47. The molecule has 4 amide bonds. The fraction of sp³-hybridized carbons (Fsp3) is 0.368. The minimum Gasteiger partial charge on any atom is -0.463 e. The zero-order chi connectivity index (χ0) is 18.9. The van der Waals surface area contributed by atoms with Crippen LogP contribution in [0.4, 0.5) is 4.79 Å². The Bertz CT molecular complexity index is 801. The summed E-state index contributed by atoms with van der Waals surface area (Å²) in [7, 11) is 0. The van der Waals surface area contributed by atoms with E-state index in [1.807, 2.05) is 18.2 Å². The Hall–Kier alpha value is -2.96. The highest BCUT2D eigenvalue weighted by Crippen LogP contribution is 2.42. The van der Waals surface area contributed by atoms with Crippen molar-refractivity contribution in [1.82, 2.24) is 9.80 Å². The smallest absolute Gasteiger partial charge is 0.334 e. The van der Waals surface area contributed by atoms with Gasteiger partial charge in [-0.3, -0.25) is 14.5 Å². The number of carbonyl (C=O) groups excluding carboxylic acids is 4. The van der Waals surface area contributed by atoms with Crippen LogP contribution in [0.25, 0.3) is 0 Å². The topological polar surface area (TPSA) is 84.0 Å². The molecule has 1 spiro atoms. The molecule has 1 aliphatic carbocycles. The van der Waals surface area contributed by atoms with Crippen LogP contribution in [0.1, 0.15) is 32.3 Å². The van der Waals surface area contributed by atoms with Gasteiger partial charge in [-0.15, -0.1) is 0 Å². The minimum atomic E-state index is -1.36. The number of esters is 1. The van der Waals surface area contributed by atoms with Crippen LogP contribution in [0.5, 0.6) is 0 Å². The largest absolute Gasteiger partial charge is 0.463 e. The zero-order valence-electron chi connectivity index (χ0n) is 14.7. The SMILES string of the molecule is CCOC(=O)C1=CC[C@@]2(C1)C(=O)N(Cc1ccccc1)C(=O)N2C(C)=O. The molecule has 0 saturated carbocycles. The van der Waals surface area contributed by atoms with Crippen molar-refractivity contribution in [2.75, 3.05) is 6.61 Å². The van der Waals surface area contributed by atoms with Gasteiger partial charge in [0.1, 0.15) is 5.54 Å². The summed E-state index contributed by atoms with van der Waals surface area (Å²) < 4.78 is 4.99. The molecule has 2 aliphatic rings. The Morgan fingerprint density at radius 3 is 2.50 bits per heavy atom. The second kappa shape index (κ2) is 6.74. The van der Waals surface area contributed by atoms with Crippen molar-refractivity contribution in [3.05, 3.63) is 47.5 Å². The van der Waals surface area contributed by atoms with Crippen molar-refractivity contribution < 1.29 is 23.9 Å². The van der Waals surface area contributed by atoms with Gasteiger partial charge in [-0.05, 0) is 18.9 Å². The molecule has 0 bridgehead atoms. The third-order valence-corrected chi connectivity index (χ3v) is 4.70. The molecule has 1 aromatic rings. The number of carbonyl (C=O) groups is 4. The zero-order valence-corrected chi connectivity index (χ0v) is 14.7. The van der Waals surface area contributed by atoms with Gasteiger partial charge in [-0.2, -0.15) is 0 Å². The molecule has 1 aromatic carbocycles. The van der Waals surface area contributed by atoms with Crippen LogP contribution in [-0.4, -0.2) is 45.8 Å². The monoisotopic (exact) mass is 356 g/mol. The van der Waals surface area contributed by atoms with Crippen molar-refractivity contribution in [2.45, 2.75) is 38.8 Å². The number of hydrogen-bond donors (Lipinski definition) is 0. The summed E-state index contributed by atoms with van der Waals surface area (Å²) in [5, 5.41) is 0. The number of ether oxygens (including phenoxy) is 1. The first kappa shape index (κ1) is 17.8. The van der Waals surface area contributed by atoms with Gasteiger partial charge in [0.2, 0.25) is 5.91 Å². The molecule has 3 rings (SSSR count). The van der Waals surface area contributed by atoms with Gasteiger partial charge in [0.15, 0.2) is 0 Å². The number of urea groups is 1. The van der Waals surface area contributed by atoms with Gasteiger partial charge in [-0.25, -0.2) is 14.5 Å². The van der Waals surface area contributed by atoms with Crippen LogP contribution in [0.3, 0.4) is 0 Å². The summed E-state index contributed by atoms with van der Waals surface area (Å²) in [6.07, 6.45) is 1.70. The van der Waals surface area contributed by atoms with E-state index in [4.69, 9.17) is 4.74 Å². The normalized spacial score (nSPS) is 22.2.